The molecule has 1 amide bonds. The molecule has 0 spiro atoms. The van der Waals surface area contributed by atoms with Gasteiger partial charge in [0.1, 0.15) is 17.3 Å². The molecule has 0 atom stereocenters. The van der Waals surface area contributed by atoms with Gasteiger partial charge in [-0.3, -0.25) is 9.59 Å². The number of aromatic nitrogens is 1. The molecule has 2 heterocycles. The number of fused-ring (bicyclic) bond motifs is 1. The lowest BCUT2D eigenvalue weighted by atomic mass is 10.1. The van der Waals surface area contributed by atoms with E-state index in [9.17, 15) is 14.0 Å². The standard InChI is InChI=1S/C23H18FN3O3/c1-30-17-6-4-5-16(13-17)26-23(29)19-18-7-2-3-12-27(18)21(20(19)25)22(28)14-8-10-15(24)11-9-14/h2-13H,25H2,1H3,(H,26,29). The van der Waals surface area contributed by atoms with Gasteiger partial charge in [-0.25, -0.2) is 4.39 Å². The smallest absolute Gasteiger partial charge is 0.259 e. The Labute approximate surface area is 171 Å². The second-order valence-corrected chi connectivity index (χ2v) is 6.62. The number of ketones is 1. The van der Waals surface area contributed by atoms with Gasteiger partial charge in [-0.05, 0) is 48.5 Å². The van der Waals surface area contributed by atoms with Crippen molar-refractivity contribution in [3.05, 3.63) is 95.6 Å². The monoisotopic (exact) mass is 403 g/mol. The molecule has 0 saturated heterocycles. The molecule has 0 aliphatic carbocycles. The highest BCUT2D eigenvalue weighted by Gasteiger charge is 2.26. The Morgan fingerprint density at radius 1 is 1.03 bits per heavy atom. The van der Waals surface area contributed by atoms with Crippen molar-refractivity contribution in [2.45, 2.75) is 0 Å². The number of benzene rings is 2. The van der Waals surface area contributed by atoms with E-state index in [1.807, 2.05) is 0 Å². The van der Waals surface area contributed by atoms with Gasteiger partial charge in [-0.1, -0.05) is 12.1 Å². The number of nitrogen functional groups attached to an aromatic ring is 1. The molecule has 4 rings (SSSR count). The Morgan fingerprint density at radius 3 is 2.53 bits per heavy atom. The number of ether oxygens (including phenoxy) is 1. The Bertz CT molecular complexity index is 1260. The van der Waals surface area contributed by atoms with Crippen LogP contribution >= 0.6 is 0 Å². The van der Waals surface area contributed by atoms with Gasteiger partial charge in [0.15, 0.2) is 0 Å². The maximum Gasteiger partial charge on any atom is 0.259 e. The lowest BCUT2D eigenvalue weighted by Gasteiger charge is -2.07. The summed E-state index contributed by atoms with van der Waals surface area (Å²) in [4.78, 5) is 26.2. The van der Waals surface area contributed by atoms with Crippen molar-refractivity contribution in [1.29, 1.82) is 0 Å². The van der Waals surface area contributed by atoms with E-state index in [4.69, 9.17) is 10.5 Å². The van der Waals surface area contributed by atoms with Crippen LogP contribution in [0.15, 0.2) is 72.9 Å². The van der Waals surface area contributed by atoms with Crippen LogP contribution in [0.2, 0.25) is 0 Å². The number of halogens is 1. The predicted octanol–water partition coefficient (Wildman–Crippen LogP) is 4.15. The Morgan fingerprint density at radius 2 is 1.80 bits per heavy atom. The van der Waals surface area contributed by atoms with E-state index in [2.05, 4.69) is 5.32 Å². The molecule has 0 aliphatic heterocycles. The van der Waals surface area contributed by atoms with E-state index in [0.717, 1.165) is 0 Å². The molecule has 2 aromatic heterocycles. The predicted molar refractivity (Wildman–Crippen MR) is 113 cm³/mol. The number of pyridine rings is 1. The van der Waals surface area contributed by atoms with E-state index in [1.165, 1.54) is 31.4 Å². The van der Waals surface area contributed by atoms with E-state index in [0.29, 0.717) is 17.0 Å². The summed E-state index contributed by atoms with van der Waals surface area (Å²) in [6.45, 7) is 0. The number of methoxy groups -OCH3 is 1. The van der Waals surface area contributed by atoms with Crippen LogP contribution in [0.4, 0.5) is 15.8 Å². The van der Waals surface area contributed by atoms with Crippen LogP contribution in [0, 0.1) is 5.82 Å². The number of hydrogen-bond acceptors (Lipinski definition) is 4. The van der Waals surface area contributed by atoms with Gasteiger partial charge in [0, 0.05) is 23.5 Å². The summed E-state index contributed by atoms with van der Waals surface area (Å²) in [7, 11) is 1.54. The first-order valence-electron chi connectivity index (χ1n) is 9.14. The summed E-state index contributed by atoms with van der Waals surface area (Å²) in [5, 5.41) is 2.79. The molecule has 3 N–H and O–H groups in total. The van der Waals surface area contributed by atoms with Gasteiger partial charge < -0.3 is 20.2 Å². The molecule has 4 aromatic rings. The summed E-state index contributed by atoms with van der Waals surface area (Å²) in [6, 6.07) is 17.3. The van der Waals surface area contributed by atoms with Crippen LogP contribution in [-0.4, -0.2) is 23.2 Å². The van der Waals surface area contributed by atoms with Crippen molar-refractivity contribution in [1.82, 2.24) is 4.40 Å². The Kier molecular flexibility index (Phi) is 4.93. The molecule has 6 nitrogen and oxygen atoms in total. The molecule has 0 fully saturated rings. The lowest BCUT2D eigenvalue weighted by molar-refractivity contribution is 0.102. The summed E-state index contributed by atoms with van der Waals surface area (Å²) in [5.74, 6) is -0.718. The Hall–Kier alpha value is -4.13. The molecular weight excluding hydrogens is 385 g/mol. The largest absolute Gasteiger partial charge is 0.497 e. The van der Waals surface area contributed by atoms with Crippen molar-refractivity contribution in [3.63, 3.8) is 0 Å². The lowest BCUT2D eigenvalue weighted by Crippen LogP contribution is -2.14. The van der Waals surface area contributed by atoms with Crippen LogP contribution in [0.1, 0.15) is 26.4 Å². The molecule has 30 heavy (non-hydrogen) atoms. The zero-order valence-electron chi connectivity index (χ0n) is 16.1. The van der Waals surface area contributed by atoms with Gasteiger partial charge in [0.05, 0.1) is 23.9 Å². The first kappa shape index (κ1) is 19.2. The number of carbonyl (C=O) groups excluding carboxylic acids is 2. The molecular formula is C23H18FN3O3. The summed E-state index contributed by atoms with van der Waals surface area (Å²) < 4.78 is 20.0. The average Bonchev–Trinajstić information content (AvgIpc) is 3.05. The zero-order chi connectivity index (χ0) is 21.3. The molecule has 0 aliphatic rings. The third-order valence-electron chi connectivity index (χ3n) is 4.76. The molecule has 150 valence electrons. The third kappa shape index (κ3) is 3.37. The molecule has 0 radical (unpaired) electrons. The van der Waals surface area contributed by atoms with Crippen molar-refractivity contribution in [2.24, 2.45) is 0 Å². The molecule has 0 bridgehead atoms. The second kappa shape index (κ2) is 7.71. The first-order valence-corrected chi connectivity index (χ1v) is 9.14. The van der Waals surface area contributed by atoms with E-state index >= 15 is 0 Å². The van der Waals surface area contributed by atoms with Gasteiger partial charge in [-0.15, -0.1) is 0 Å². The van der Waals surface area contributed by atoms with Gasteiger partial charge in [0.2, 0.25) is 5.78 Å². The van der Waals surface area contributed by atoms with Crippen LogP contribution in [0.3, 0.4) is 0 Å². The summed E-state index contributed by atoms with van der Waals surface area (Å²) in [5.41, 5.74) is 7.96. The topological polar surface area (TPSA) is 85.8 Å². The highest BCUT2D eigenvalue weighted by atomic mass is 19.1. The fraction of sp³-hybridized carbons (Fsp3) is 0.0435. The van der Waals surface area contributed by atoms with E-state index < -0.39 is 17.5 Å². The maximum absolute atomic E-state index is 13.3. The van der Waals surface area contributed by atoms with Crippen molar-refractivity contribution < 1.29 is 18.7 Å². The minimum Gasteiger partial charge on any atom is -0.497 e. The van der Waals surface area contributed by atoms with E-state index in [-0.39, 0.29) is 22.5 Å². The minimum atomic E-state index is -0.456. The number of hydrogen-bond donors (Lipinski definition) is 2. The molecule has 2 aromatic carbocycles. The SMILES string of the molecule is COc1cccc(NC(=O)c2c(N)c(C(=O)c3ccc(F)cc3)n3ccccc23)c1. The molecule has 0 unspecified atom stereocenters. The van der Waals surface area contributed by atoms with Crippen molar-refractivity contribution >= 4 is 28.6 Å². The second-order valence-electron chi connectivity index (χ2n) is 6.62. The molecule has 0 saturated carbocycles. The minimum absolute atomic E-state index is 0.0518. The van der Waals surface area contributed by atoms with Crippen LogP contribution in [0.25, 0.3) is 5.52 Å². The summed E-state index contributed by atoms with van der Waals surface area (Å²) >= 11 is 0. The highest BCUT2D eigenvalue weighted by molar-refractivity contribution is 6.20. The highest BCUT2D eigenvalue weighted by Crippen LogP contribution is 2.29. The fourth-order valence-corrected chi connectivity index (χ4v) is 3.33. The van der Waals surface area contributed by atoms with Crippen LogP contribution < -0.4 is 15.8 Å². The van der Waals surface area contributed by atoms with E-state index in [1.54, 1.807) is 53.1 Å². The van der Waals surface area contributed by atoms with Crippen LogP contribution in [0.5, 0.6) is 5.75 Å². The number of amides is 1. The number of anilines is 2. The van der Waals surface area contributed by atoms with Gasteiger partial charge in [-0.2, -0.15) is 0 Å². The van der Waals surface area contributed by atoms with Gasteiger partial charge in [0.25, 0.3) is 5.91 Å². The van der Waals surface area contributed by atoms with Gasteiger partial charge >= 0.3 is 0 Å². The number of rotatable bonds is 5. The summed E-state index contributed by atoms with van der Waals surface area (Å²) in [6.07, 6.45) is 1.66. The Balaban J connectivity index is 1.79. The zero-order valence-corrected chi connectivity index (χ0v) is 16.1. The number of carbonyl (C=O) groups is 2. The number of nitrogens with two attached hydrogens (primary N) is 1. The fourth-order valence-electron chi connectivity index (χ4n) is 3.33. The van der Waals surface area contributed by atoms with Crippen molar-refractivity contribution in [3.8, 4) is 5.75 Å². The normalized spacial score (nSPS) is 10.7. The first-order chi connectivity index (χ1) is 14.5. The van der Waals surface area contributed by atoms with Crippen LogP contribution in [-0.2, 0) is 0 Å². The average molecular weight is 403 g/mol. The number of nitrogens with zero attached hydrogens (tertiary/aromatic N) is 1. The maximum atomic E-state index is 13.3. The molecule has 7 heteroatoms. The quantitative estimate of drug-likeness (QED) is 0.490. The van der Waals surface area contributed by atoms with Crippen molar-refractivity contribution in [2.75, 3.05) is 18.2 Å². The number of nitrogens with one attached hydrogen (secondary N) is 1. The third-order valence-corrected chi connectivity index (χ3v) is 4.76.